The number of amides is 1. The molecule has 0 spiro atoms. The van der Waals surface area contributed by atoms with Gasteiger partial charge in [-0.2, -0.15) is 0 Å². The van der Waals surface area contributed by atoms with Crippen LogP contribution in [0, 0.1) is 5.92 Å². The molecule has 0 aliphatic heterocycles. The third-order valence-electron chi connectivity index (χ3n) is 5.22. The van der Waals surface area contributed by atoms with E-state index in [0.29, 0.717) is 11.6 Å². The molecule has 1 atom stereocenters. The maximum absolute atomic E-state index is 13.2. The van der Waals surface area contributed by atoms with Gasteiger partial charge in [-0.1, -0.05) is 32.0 Å². The topological polar surface area (TPSA) is 62.7 Å². The zero-order valence-corrected chi connectivity index (χ0v) is 16.7. The van der Waals surface area contributed by atoms with E-state index >= 15 is 0 Å². The summed E-state index contributed by atoms with van der Waals surface area (Å²) in [6, 6.07) is 16.0. The maximum atomic E-state index is 13.2. The molecule has 1 amide bonds. The van der Waals surface area contributed by atoms with Crippen molar-refractivity contribution in [1.29, 1.82) is 0 Å². The van der Waals surface area contributed by atoms with Crippen LogP contribution in [-0.2, 0) is 0 Å². The second kappa shape index (κ2) is 7.15. The van der Waals surface area contributed by atoms with Crippen LogP contribution >= 0.6 is 0 Å². The average molecular weight is 374 g/mol. The predicted molar refractivity (Wildman–Crippen MR) is 113 cm³/mol. The summed E-state index contributed by atoms with van der Waals surface area (Å²) in [5.74, 6) is 0.909. The van der Waals surface area contributed by atoms with Crippen LogP contribution in [0.3, 0.4) is 0 Å². The molecule has 1 unspecified atom stereocenters. The van der Waals surface area contributed by atoms with E-state index in [0.717, 1.165) is 27.8 Å². The van der Waals surface area contributed by atoms with Gasteiger partial charge in [0.15, 0.2) is 0 Å². The van der Waals surface area contributed by atoms with Gasteiger partial charge in [0.2, 0.25) is 0 Å². The number of benzene rings is 2. The fourth-order valence-electron chi connectivity index (χ4n) is 3.73. The highest BCUT2D eigenvalue weighted by Crippen LogP contribution is 2.26. The molecular formula is C23H26N4O. The first-order chi connectivity index (χ1) is 13.5. The number of aromatic nitrogens is 3. The van der Waals surface area contributed by atoms with Crippen molar-refractivity contribution in [2.45, 2.75) is 39.8 Å². The lowest BCUT2D eigenvalue weighted by atomic mass is 10.0. The molecule has 28 heavy (non-hydrogen) atoms. The number of aromatic amines is 1. The second-order valence-corrected chi connectivity index (χ2v) is 7.89. The number of para-hydroxylation sites is 2. The summed E-state index contributed by atoms with van der Waals surface area (Å²) >= 11 is 0. The minimum absolute atomic E-state index is 0.0775. The van der Waals surface area contributed by atoms with E-state index in [4.69, 9.17) is 4.98 Å². The number of carbonyl (C=O) groups excluding carboxylic acids is 1. The molecule has 0 fully saturated rings. The van der Waals surface area contributed by atoms with Crippen molar-refractivity contribution in [1.82, 2.24) is 19.9 Å². The molecule has 5 heteroatoms. The molecule has 144 valence electrons. The standard InChI is InChI=1S/C23H26N4O/c1-14(2)21(22-24-18-9-5-6-10-19(18)25-22)26-23(28)17-8-7-11-20-16(17)12-13-27(20)15(3)4/h5-15,21H,1-4H3,(H,24,25)(H,26,28). The molecule has 4 aromatic rings. The van der Waals surface area contributed by atoms with E-state index < -0.39 is 0 Å². The summed E-state index contributed by atoms with van der Waals surface area (Å²) in [5.41, 5.74) is 3.66. The second-order valence-electron chi connectivity index (χ2n) is 7.89. The number of hydrogen-bond acceptors (Lipinski definition) is 2. The van der Waals surface area contributed by atoms with Gasteiger partial charge in [0.25, 0.3) is 5.91 Å². The predicted octanol–water partition coefficient (Wildman–Crippen LogP) is 5.23. The Labute approximate surface area is 164 Å². The van der Waals surface area contributed by atoms with Crippen molar-refractivity contribution in [3.63, 3.8) is 0 Å². The Kier molecular flexibility index (Phi) is 4.67. The number of nitrogens with one attached hydrogen (secondary N) is 2. The number of nitrogens with zero attached hydrogens (tertiary/aromatic N) is 2. The van der Waals surface area contributed by atoms with E-state index in [2.05, 4.69) is 48.6 Å². The van der Waals surface area contributed by atoms with Gasteiger partial charge >= 0.3 is 0 Å². The Hall–Kier alpha value is -3.08. The van der Waals surface area contributed by atoms with Crippen molar-refractivity contribution in [2.75, 3.05) is 0 Å². The maximum Gasteiger partial charge on any atom is 0.252 e. The summed E-state index contributed by atoms with van der Waals surface area (Å²) in [7, 11) is 0. The summed E-state index contributed by atoms with van der Waals surface area (Å²) in [5, 5.41) is 4.17. The van der Waals surface area contributed by atoms with Gasteiger partial charge in [-0.3, -0.25) is 4.79 Å². The third-order valence-corrected chi connectivity index (χ3v) is 5.22. The highest BCUT2D eigenvalue weighted by Gasteiger charge is 2.23. The number of imidazole rings is 1. The highest BCUT2D eigenvalue weighted by atomic mass is 16.1. The Bertz CT molecular complexity index is 1100. The minimum Gasteiger partial charge on any atom is -0.345 e. The lowest BCUT2D eigenvalue weighted by molar-refractivity contribution is 0.0925. The van der Waals surface area contributed by atoms with Crippen LogP contribution in [0.15, 0.2) is 54.7 Å². The van der Waals surface area contributed by atoms with Crippen molar-refractivity contribution >= 4 is 27.8 Å². The van der Waals surface area contributed by atoms with Gasteiger partial charge in [-0.05, 0) is 50.1 Å². The quantitative estimate of drug-likeness (QED) is 0.503. The highest BCUT2D eigenvalue weighted by molar-refractivity contribution is 6.06. The Morgan fingerprint density at radius 1 is 1.04 bits per heavy atom. The van der Waals surface area contributed by atoms with Crippen molar-refractivity contribution in [3.8, 4) is 0 Å². The molecule has 5 nitrogen and oxygen atoms in total. The molecule has 0 bridgehead atoms. The van der Waals surface area contributed by atoms with Crippen LogP contribution in [0.5, 0.6) is 0 Å². The first-order valence-electron chi connectivity index (χ1n) is 9.80. The van der Waals surface area contributed by atoms with Crippen LogP contribution in [-0.4, -0.2) is 20.4 Å². The van der Waals surface area contributed by atoms with Crippen molar-refractivity contribution < 1.29 is 4.79 Å². The molecule has 2 aromatic carbocycles. The first-order valence-corrected chi connectivity index (χ1v) is 9.80. The Morgan fingerprint density at radius 2 is 1.82 bits per heavy atom. The van der Waals surface area contributed by atoms with E-state index in [1.807, 2.05) is 48.7 Å². The number of rotatable bonds is 5. The molecule has 2 heterocycles. The van der Waals surface area contributed by atoms with E-state index in [-0.39, 0.29) is 17.9 Å². The smallest absolute Gasteiger partial charge is 0.252 e. The van der Waals surface area contributed by atoms with E-state index in [1.54, 1.807) is 0 Å². The number of fused-ring (bicyclic) bond motifs is 2. The normalized spacial score (nSPS) is 12.9. The number of carbonyl (C=O) groups is 1. The molecule has 0 aliphatic carbocycles. The molecule has 0 radical (unpaired) electrons. The van der Waals surface area contributed by atoms with Crippen LogP contribution < -0.4 is 5.32 Å². The first kappa shape index (κ1) is 18.3. The molecule has 0 saturated carbocycles. The molecule has 0 aliphatic rings. The fraction of sp³-hybridized carbons (Fsp3) is 0.304. The summed E-state index contributed by atoms with van der Waals surface area (Å²) in [4.78, 5) is 21.2. The summed E-state index contributed by atoms with van der Waals surface area (Å²) in [6.07, 6.45) is 2.05. The van der Waals surface area contributed by atoms with Gasteiger partial charge in [-0.15, -0.1) is 0 Å². The Morgan fingerprint density at radius 3 is 2.54 bits per heavy atom. The molecule has 2 aromatic heterocycles. The SMILES string of the molecule is CC(C)C(NC(=O)c1cccc2c1ccn2C(C)C)c1nc2ccccc2[nH]1. The van der Waals surface area contributed by atoms with Crippen LogP contribution in [0.1, 0.15) is 56.0 Å². The average Bonchev–Trinajstić information content (AvgIpc) is 3.29. The zero-order chi connectivity index (χ0) is 19.8. The molecule has 4 rings (SSSR count). The number of H-pyrrole nitrogens is 1. The van der Waals surface area contributed by atoms with Crippen LogP contribution in [0.2, 0.25) is 0 Å². The number of hydrogen-bond donors (Lipinski definition) is 2. The lowest BCUT2D eigenvalue weighted by Gasteiger charge is -2.20. The Balaban J connectivity index is 1.68. The third kappa shape index (κ3) is 3.17. The van der Waals surface area contributed by atoms with Gasteiger partial charge in [0, 0.05) is 28.7 Å². The minimum atomic E-state index is -0.192. The lowest BCUT2D eigenvalue weighted by Crippen LogP contribution is -2.32. The van der Waals surface area contributed by atoms with Crippen molar-refractivity contribution in [3.05, 3.63) is 66.1 Å². The zero-order valence-electron chi connectivity index (χ0n) is 16.7. The van der Waals surface area contributed by atoms with Gasteiger partial charge in [0.1, 0.15) is 5.82 Å². The largest absolute Gasteiger partial charge is 0.345 e. The van der Waals surface area contributed by atoms with Crippen LogP contribution in [0.4, 0.5) is 0 Å². The van der Waals surface area contributed by atoms with Gasteiger partial charge in [0.05, 0.1) is 17.1 Å². The summed E-state index contributed by atoms with van der Waals surface area (Å²) < 4.78 is 2.19. The monoisotopic (exact) mass is 374 g/mol. The van der Waals surface area contributed by atoms with Gasteiger partial charge < -0.3 is 14.9 Å². The van der Waals surface area contributed by atoms with Crippen molar-refractivity contribution in [2.24, 2.45) is 5.92 Å². The molecular weight excluding hydrogens is 348 g/mol. The van der Waals surface area contributed by atoms with E-state index in [1.165, 1.54) is 0 Å². The van der Waals surface area contributed by atoms with E-state index in [9.17, 15) is 4.79 Å². The van der Waals surface area contributed by atoms with Crippen LogP contribution in [0.25, 0.3) is 21.9 Å². The fourth-order valence-corrected chi connectivity index (χ4v) is 3.73. The summed E-state index contributed by atoms with van der Waals surface area (Å²) in [6.45, 7) is 8.47. The molecule has 0 saturated heterocycles. The van der Waals surface area contributed by atoms with Gasteiger partial charge in [-0.25, -0.2) is 4.98 Å². The molecule has 2 N–H and O–H groups in total.